The van der Waals surface area contributed by atoms with Gasteiger partial charge in [-0.3, -0.25) is 0 Å². The molecule has 0 radical (unpaired) electrons. The molecule has 0 saturated heterocycles. The molecule has 3 unspecified atom stereocenters. The highest BCUT2D eigenvalue weighted by Crippen LogP contribution is 2.16. The largest absolute Gasteiger partial charge is 0.308 e. The molecular formula is C16H24N2. The minimum atomic E-state index is 0.330. The Bertz CT molecular complexity index is 389. The predicted molar refractivity (Wildman–Crippen MR) is 76.2 cm³/mol. The Balaban J connectivity index is 2.53. The Labute approximate surface area is 111 Å². The zero-order valence-electron chi connectivity index (χ0n) is 11.9. The molecule has 0 aromatic heterocycles. The van der Waals surface area contributed by atoms with Crippen molar-refractivity contribution in [3.05, 3.63) is 35.4 Å². The monoisotopic (exact) mass is 244 g/mol. The molecule has 0 aliphatic rings. The molecule has 3 atom stereocenters. The number of hydrogen-bond acceptors (Lipinski definition) is 2. The number of benzene rings is 1. The van der Waals surface area contributed by atoms with Crippen molar-refractivity contribution in [3.63, 3.8) is 0 Å². The van der Waals surface area contributed by atoms with Gasteiger partial charge in [0.05, 0.1) is 11.6 Å². The normalized spacial score (nSPS) is 15.7. The van der Waals surface area contributed by atoms with E-state index in [0.29, 0.717) is 12.1 Å². The molecule has 0 saturated carbocycles. The summed E-state index contributed by atoms with van der Waals surface area (Å²) >= 11 is 0. The molecule has 1 aromatic carbocycles. The predicted octanol–water partition coefficient (Wildman–Crippen LogP) is 4.03. The average Bonchev–Trinajstić information content (AvgIpc) is 2.38. The average molecular weight is 244 g/mol. The van der Waals surface area contributed by atoms with Crippen LogP contribution in [-0.4, -0.2) is 6.04 Å². The minimum Gasteiger partial charge on any atom is -0.308 e. The summed E-state index contributed by atoms with van der Waals surface area (Å²) in [4.78, 5) is 0. The summed E-state index contributed by atoms with van der Waals surface area (Å²) in [5.74, 6) is 0.765. The van der Waals surface area contributed by atoms with Crippen LogP contribution in [0.1, 0.15) is 57.7 Å². The Kier molecular flexibility index (Phi) is 5.88. The van der Waals surface area contributed by atoms with Gasteiger partial charge in [-0.1, -0.05) is 32.4 Å². The highest BCUT2D eigenvalue weighted by atomic mass is 14.9. The maximum Gasteiger partial charge on any atom is 0.0991 e. The summed E-state index contributed by atoms with van der Waals surface area (Å²) in [5, 5.41) is 12.4. The molecule has 0 spiro atoms. The van der Waals surface area contributed by atoms with E-state index in [2.05, 4.69) is 39.1 Å². The van der Waals surface area contributed by atoms with Gasteiger partial charge in [0, 0.05) is 12.1 Å². The van der Waals surface area contributed by atoms with Crippen molar-refractivity contribution < 1.29 is 0 Å². The van der Waals surface area contributed by atoms with Crippen molar-refractivity contribution in [1.82, 2.24) is 5.32 Å². The van der Waals surface area contributed by atoms with E-state index in [1.807, 2.05) is 24.3 Å². The van der Waals surface area contributed by atoms with E-state index < -0.39 is 0 Å². The van der Waals surface area contributed by atoms with E-state index in [1.165, 1.54) is 18.4 Å². The van der Waals surface area contributed by atoms with Gasteiger partial charge in [0.2, 0.25) is 0 Å². The lowest BCUT2D eigenvalue weighted by molar-refractivity contribution is 0.385. The SMILES string of the molecule is CCC(C)CC(C)NC(C)c1ccc(C#N)cc1. The number of nitrogens with zero attached hydrogens (tertiary/aromatic N) is 1. The quantitative estimate of drug-likeness (QED) is 0.820. The first-order valence-corrected chi connectivity index (χ1v) is 6.82. The summed E-state index contributed by atoms with van der Waals surface area (Å²) in [6.45, 7) is 8.95. The third kappa shape index (κ3) is 4.50. The molecule has 0 heterocycles. The fourth-order valence-electron chi connectivity index (χ4n) is 2.21. The molecule has 2 nitrogen and oxygen atoms in total. The third-order valence-electron chi connectivity index (χ3n) is 3.53. The number of hydrogen-bond donors (Lipinski definition) is 1. The summed E-state index contributed by atoms with van der Waals surface area (Å²) in [6.07, 6.45) is 2.44. The first kappa shape index (κ1) is 14.7. The maximum atomic E-state index is 8.77. The second kappa shape index (κ2) is 7.18. The molecule has 2 heteroatoms. The first-order valence-electron chi connectivity index (χ1n) is 6.82. The fraction of sp³-hybridized carbons (Fsp3) is 0.562. The topological polar surface area (TPSA) is 35.8 Å². The zero-order valence-corrected chi connectivity index (χ0v) is 11.9. The Morgan fingerprint density at radius 2 is 1.78 bits per heavy atom. The van der Waals surface area contributed by atoms with Crippen molar-refractivity contribution >= 4 is 0 Å². The molecule has 0 amide bonds. The number of nitriles is 1. The first-order chi connectivity index (χ1) is 8.56. The standard InChI is InChI=1S/C16H24N2/c1-5-12(2)10-13(3)18-14(4)16-8-6-15(11-17)7-9-16/h6-9,12-14,18H,5,10H2,1-4H3. The van der Waals surface area contributed by atoms with Gasteiger partial charge in [-0.15, -0.1) is 0 Å². The van der Waals surface area contributed by atoms with Crippen molar-refractivity contribution in [1.29, 1.82) is 5.26 Å². The summed E-state index contributed by atoms with van der Waals surface area (Å²) in [6, 6.07) is 10.8. The van der Waals surface area contributed by atoms with E-state index in [-0.39, 0.29) is 0 Å². The van der Waals surface area contributed by atoms with Crippen molar-refractivity contribution in [2.24, 2.45) is 5.92 Å². The van der Waals surface area contributed by atoms with Crippen LogP contribution in [0, 0.1) is 17.2 Å². The molecule has 0 aliphatic carbocycles. The molecule has 1 rings (SSSR count). The molecule has 1 N–H and O–H groups in total. The summed E-state index contributed by atoms with van der Waals surface area (Å²) in [5.41, 5.74) is 1.96. The van der Waals surface area contributed by atoms with Crippen LogP contribution in [0.2, 0.25) is 0 Å². The van der Waals surface area contributed by atoms with Crippen LogP contribution in [0.3, 0.4) is 0 Å². The lowest BCUT2D eigenvalue weighted by Crippen LogP contribution is -2.30. The maximum absolute atomic E-state index is 8.77. The lowest BCUT2D eigenvalue weighted by Gasteiger charge is -2.22. The van der Waals surface area contributed by atoms with E-state index in [9.17, 15) is 0 Å². The Morgan fingerprint density at radius 3 is 2.28 bits per heavy atom. The molecule has 98 valence electrons. The Morgan fingerprint density at radius 1 is 1.17 bits per heavy atom. The van der Waals surface area contributed by atoms with Gasteiger partial charge in [-0.2, -0.15) is 5.26 Å². The molecule has 0 bridgehead atoms. The van der Waals surface area contributed by atoms with Crippen LogP contribution in [-0.2, 0) is 0 Å². The number of nitrogens with one attached hydrogen (secondary N) is 1. The smallest absolute Gasteiger partial charge is 0.0991 e. The molecule has 1 aromatic rings. The van der Waals surface area contributed by atoms with Gasteiger partial charge in [0.15, 0.2) is 0 Å². The van der Waals surface area contributed by atoms with Crippen LogP contribution < -0.4 is 5.32 Å². The van der Waals surface area contributed by atoms with Crippen LogP contribution in [0.15, 0.2) is 24.3 Å². The van der Waals surface area contributed by atoms with Crippen molar-refractivity contribution in [2.45, 2.75) is 52.6 Å². The van der Waals surface area contributed by atoms with Gasteiger partial charge < -0.3 is 5.32 Å². The van der Waals surface area contributed by atoms with Crippen LogP contribution in [0.4, 0.5) is 0 Å². The highest BCUT2D eigenvalue weighted by molar-refractivity contribution is 5.32. The molecule has 18 heavy (non-hydrogen) atoms. The second-order valence-corrected chi connectivity index (χ2v) is 5.27. The van der Waals surface area contributed by atoms with E-state index in [0.717, 1.165) is 11.5 Å². The van der Waals surface area contributed by atoms with Crippen LogP contribution >= 0.6 is 0 Å². The van der Waals surface area contributed by atoms with Crippen LogP contribution in [0.25, 0.3) is 0 Å². The molecule has 0 aliphatic heterocycles. The summed E-state index contributed by atoms with van der Waals surface area (Å²) < 4.78 is 0. The molecular weight excluding hydrogens is 220 g/mol. The van der Waals surface area contributed by atoms with Gasteiger partial charge >= 0.3 is 0 Å². The van der Waals surface area contributed by atoms with E-state index in [4.69, 9.17) is 5.26 Å². The van der Waals surface area contributed by atoms with E-state index >= 15 is 0 Å². The fourth-order valence-corrected chi connectivity index (χ4v) is 2.21. The van der Waals surface area contributed by atoms with Crippen molar-refractivity contribution in [2.75, 3.05) is 0 Å². The second-order valence-electron chi connectivity index (χ2n) is 5.27. The van der Waals surface area contributed by atoms with Gasteiger partial charge in [-0.25, -0.2) is 0 Å². The Hall–Kier alpha value is -1.33. The minimum absolute atomic E-state index is 0.330. The molecule has 0 fully saturated rings. The van der Waals surface area contributed by atoms with Crippen molar-refractivity contribution in [3.8, 4) is 6.07 Å². The highest BCUT2D eigenvalue weighted by Gasteiger charge is 2.11. The van der Waals surface area contributed by atoms with Gasteiger partial charge in [-0.05, 0) is 43.9 Å². The number of rotatable bonds is 6. The lowest BCUT2D eigenvalue weighted by atomic mass is 9.99. The third-order valence-corrected chi connectivity index (χ3v) is 3.53. The van der Waals surface area contributed by atoms with Gasteiger partial charge in [0.1, 0.15) is 0 Å². The van der Waals surface area contributed by atoms with E-state index in [1.54, 1.807) is 0 Å². The summed E-state index contributed by atoms with van der Waals surface area (Å²) in [7, 11) is 0. The van der Waals surface area contributed by atoms with Gasteiger partial charge in [0.25, 0.3) is 0 Å². The van der Waals surface area contributed by atoms with Crippen LogP contribution in [0.5, 0.6) is 0 Å². The zero-order chi connectivity index (χ0) is 13.5.